The van der Waals surface area contributed by atoms with Gasteiger partial charge < -0.3 is 15.1 Å². The quantitative estimate of drug-likeness (QED) is 0.625. The zero-order valence-corrected chi connectivity index (χ0v) is 19.0. The summed E-state index contributed by atoms with van der Waals surface area (Å²) in [6.07, 6.45) is 0.820. The molecular weight excluding hydrogens is 437 g/mol. The Balaban J connectivity index is 2.01. The Morgan fingerprint density at radius 1 is 1.15 bits per heavy atom. The topological polar surface area (TPSA) is 73.9 Å². The number of halogens is 3. The second-order valence-corrected chi connectivity index (χ2v) is 8.24. The summed E-state index contributed by atoms with van der Waals surface area (Å²) in [6, 6.07) is 5.35. The first-order chi connectivity index (χ1) is 15.6. The first kappa shape index (κ1) is 24.6. The van der Waals surface area contributed by atoms with Crippen LogP contribution in [0, 0.1) is 0 Å². The molecule has 1 aliphatic carbocycles. The minimum atomic E-state index is -4.34. The Bertz CT molecular complexity index is 957. The smallest absolute Gasteiger partial charge is 0.414 e. The molecule has 0 unspecified atom stereocenters. The van der Waals surface area contributed by atoms with Crippen LogP contribution in [0.3, 0.4) is 0 Å². The molecule has 2 aliphatic rings. The predicted molar refractivity (Wildman–Crippen MR) is 121 cm³/mol. The van der Waals surface area contributed by atoms with Gasteiger partial charge in [-0.3, -0.25) is 9.69 Å². The maximum absolute atomic E-state index is 12.7. The lowest BCUT2D eigenvalue weighted by Gasteiger charge is -2.36. The van der Waals surface area contributed by atoms with E-state index in [0.717, 1.165) is 24.0 Å². The van der Waals surface area contributed by atoms with Crippen LogP contribution in [0.4, 0.5) is 29.3 Å². The fourth-order valence-electron chi connectivity index (χ4n) is 3.84. The second kappa shape index (κ2) is 10.3. The molecule has 0 atom stereocenters. The van der Waals surface area contributed by atoms with Gasteiger partial charge >= 0.3 is 12.3 Å². The van der Waals surface area contributed by atoms with Gasteiger partial charge in [-0.1, -0.05) is 18.2 Å². The summed E-state index contributed by atoms with van der Waals surface area (Å²) in [5.41, 5.74) is 8.15. The second-order valence-electron chi connectivity index (χ2n) is 8.24. The first-order valence-electron chi connectivity index (χ1n) is 10.9. The van der Waals surface area contributed by atoms with Crippen molar-refractivity contribution < 1.29 is 27.5 Å². The van der Waals surface area contributed by atoms with Crippen LogP contribution < -0.4 is 20.7 Å². The van der Waals surface area contributed by atoms with Crippen LogP contribution in [-0.2, 0) is 9.53 Å². The molecule has 3 rings (SSSR count). The lowest BCUT2D eigenvalue weighted by atomic mass is 9.99. The fraction of sp³-hybridized carbons (Fsp3) is 0.478. The number of anilines is 2. The molecule has 180 valence electrons. The lowest BCUT2D eigenvalue weighted by Crippen LogP contribution is -2.46. The highest BCUT2D eigenvalue weighted by atomic mass is 19.4. The number of nitrogens with zero attached hydrogens (tertiary/aromatic N) is 2. The van der Waals surface area contributed by atoms with Crippen LogP contribution in [-0.4, -0.2) is 43.9 Å². The van der Waals surface area contributed by atoms with Crippen molar-refractivity contribution >= 4 is 28.9 Å². The number of alkyl halides is 3. The van der Waals surface area contributed by atoms with E-state index >= 15 is 0 Å². The van der Waals surface area contributed by atoms with Crippen LogP contribution in [0.2, 0.25) is 0 Å². The SMILES string of the molecule is CC(=O)N1CCN(C(=O)OC(C)C)c2cc(C3=C(NNCC(F)(F)F)CCCC=C3)ccc21. The van der Waals surface area contributed by atoms with Crippen molar-refractivity contribution in [3.63, 3.8) is 0 Å². The molecule has 33 heavy (non-hydrogen) atoms. The molecule has 1 heterocycles. The standard InChI is InChI=1S/C23H29F3N4O3/c1-15(2)33-22(32)30-12-11-29(16(3)31)20-10-9-17(13-21(20)30)18-7-5-4-6-8-19(18)28-27-14-23(24,25)26/h5,7,9-10,13,15,27-28H,4,6,8,11-12,14H2,1-3H3. The predicted octanol–water partition coefficient (Wildman–Crippen LogP) is 4.51. The van der Waals surface area contributed by atoms with Gasteiger partial charge in [0, 0.05) is 31.3 Å². The van der Waals surface area contributed by atoms with E-state index in [2.05, 4.69) is 10.9 Å². The Hall–Kier alpha value is -3.01. The van der Waals surface area contributed by atoms with Crippen LogP contribution in [0.5, 0.6) is 0 Å². The highest BCUT2D eigenvalue weighted by molar-refractivity contribution is 6.02. The van der Waals surface area contributed by atoms with Gasteiger partial charge in [0.25, 0.3) is 0 Å². The molecule has 2 amide bonds. The van der Waals surface area contributed by atoms with Gasteiger partial charge in [0.2, 0.25) is 5.91 Å². The largest absolute Gasteiger partial charge is 0.446 e. The van der Waals surface area contributed by atoms with E-state index in [9.17, 15) is 22.8 Å². The number of hydrogen-bond donors (Lipinski definition) is 2. The van der Waals surface area contributed by atoms with Gasteiger partial charge in [0.15, 0.2) is 0 Å². The minimum absolute atomic E-state index is 0.145. The third-order valence-electron chi connectivity index (χ3n) is 5.29. The lowest BCUT2D eigenvalue weighted by molar-refractivity contribution is -0.126. The van der Waals surface area contributed by atoms with E-state index in [-0.39, 0.29) is 18.6 Å². The van der Waals surface area contributed by atoms with E-state index in [0.29, 0.717) is 30.0 Å². The van der Waals surface area contributed by atoms with E-state index < -0.39 is 18.8 Å². The number of hydrazine groups is 1. The maximum atomic E-state index is 12.7. The molecule has 2 N–H and O–H groups in total. The van der Waals surface area contributed by atoms with Crippen molar-refractivity contribution in [2.24, 2.45) is 0 Å². The summed E-state index contributed by atoms with van der Waals surface area (Å²) in [5, 5.41) is 0. The molecule has 1 aromatic rings. The van der Waals surface area contributed by atoms with Crippen molar-refractivity contribution in [2.45, 2.75) is 52.3 Å². The number of hydrogen-bond acceptors (Lipinski definition) is 5. The third-order valence-corrected chi connectivity index (χ3v) is 5.29. The number of ether oxygens (including phenoxy) is 1. The van der Waals surface area contributed by atoms with Crippen LogP contribution in [0.1, 0.15) is 45.6 Å². The van der Waals surface area contributed by atoms with E-state index in [1.165, 1.54) is 11.8 Å². The normalized spacial score (nSPS) is 16.6. The zero-order chi connectivity index (χ0) is 24.2. The number of allylic oxidation sites excluding steroid dienone is 4. The van der Waals surface area contributed by atoms with Crippen molar-refractivity contribution in [3.8, 4) is 0 Å². The Labute approximate surface area is 191 Å². The summed E-state index contributed by atoms with van der Waals surface area (Å²) in [4.78, 5) is 28.0. The number of rotatable bonds is 5. The van der Waals surface area contributed by atoms with Crippen molar-refractivity contribution in [3.05, 3.63) is 41.6 Å². The molecule has 0 radical (unpaired) electrons. The summed E-state index contributed by atoms with van der Waals surface area (Å²) in [7, 11) is 0. The van der Waals surface area contributed by atoms with Gasteiger partial charge in [-0.25, -0.2) is 10.2 Å². The number of benzene rings is 1. The van der Waals surface area contributed by atoms with Crippen LogP contribution >= 0.6 is 0 Å². The number of carbonyl (C=O) groups is 2. The molecule has 0 saturated heterocycles. The molecule has 1 aromatic carbocycles. The summed E-state index contributed by atoms with van der Waals surface area (Å²) < 4.78 is 43.2. The summed E-state index contributed by atoms with van der Waals surface area (Å²) in [5.74, 6) is -0.145. The number of fused-ring (bicyclic) bond motifs is 1. The number of amides is 2. The summed E-state index contributed by atoms with van der Waals surface area (Å²) in [6.45, 7) is 4.42. The van der Waals surface area contributed by atoms with Gasteiger partial charge in [-0.05, 0) is 50.8 Å². The number of nitrogens with one attached hydrogen (secondary N) is 2. The molecule has 1 aliphatic heterocycles. The van der Waals surface area contributed by atoms with Crippen LogP contribution in [0.15, 0.2) is 36.0 Å². The molecule has 0 spiro atoms. The van der Waals surface area contributed by atoms with Gasteiger partial charge in [-0.15, -0.1) is 0 Å². The molecule has 0 saturated carbocycles. The Morgan fingerprint density at radius 2 is 1.88 bits per heavy atom. The van der Waals surface area contributed by atoms with E-state index in [1.807, 2.05) is 18.2 Å². The van der Waals surface area contributed by atoms with E-state index in [1.54, 1.807) is 30.9 Å². The minimum Gasteiger partial charge on any atom is -0.446 e. The number of carbonyl (C=O) groups excluding carboxylic acids is 2. The molecule has 7 nitrogen and oxygen atoms in total. The fourth-order valence-corrected chi connectivity index (χ4v) is 3.84. The third kappa shape index (κ3) is 6.28. The van der Waals surface area contributed by atoms with Crippen LogP contribution in [0.25, 0.3) is 5.57 Å². The van der Waals surface area contributed by atoms with Gasteiger partial charge in [0.1, 0.15) is 6.54 Å². The summed E-state index contributed by atoms with van der Waals surface area (Å²) >= 11 is 0. The molecular formula is C23H29F3N4O3. The Morgan fingerprint density at radius 3 is 2.55 bits per heavy atom. The average Bonchev–Trinajstić information content (AvgIpc) is 2.96. The zero-order valence-electron chi connectivity index (χ0n) is 19.0. The van der Waals surface area contributed by atoms with Crippen molar-refractivity contribution in [1.29, 1.82) is 0 Å². The molecule has 0 bridgehead atoms. The maximum Gasteiger partial charge on any atom is 0.414 e. The highest BCUT2D eigenvalue weighted by Gasteiger charge is 2.31. The molecule has 10 heteroatoms. The van der Waals surface area contributed by atoms with Gasteiger partial charge in [0.05, 0.1) is 17.5 Å². The monoisotopic (exact) mass is 466 g/mol. The van der Waals surface area contributed by atoms with Crippen molar-refractivity contribution in [2.75, 3.05) is 29.4 Å². The average molecular weight is 467 g/mol. The van der Waals surface area contributed by atoms with Gasteiger partial charge in [-0.2, -0.15) is 13.2 Å². The molecule has 0 aromatic heterocycles. The van der Waals surface area contributed by atoms with E-state index in [4.69, 9.17) is 4.74 Å². The first-order valence-corrected chi connectivity index (χ1v) is 10.9. The highest BCUT2D eigenvalue weighted by Crippen LogP contribution is 2.37. The molecule has 0 fully saturated rings. The van der Waals surface area contributed by atoms with Crippen molar-refractivity contribution in [1.82, 2.24) is 10.9 Å². The Kier molecular flexibility index (Phi) is 7.68.